The van der Waals surface area contributed by atoms with E-state index in [0.717, 1.165) is 17.5 Å². The number of para-hydroxylation sites is 1. The maximum Gasteiger partial charge on any atom is 0.257 e. The van der Waals surface area contributed by atoms with E-state index in [2.05, 4.69) is 20.6 Å². The molecule has 3 aromatic rings. The second-order valence-electron chi connectivity index (χ2n) is 7.71. The zero-order chi connectivity index (χ0) is 22.7. The highest BCUT2D eigenvalue weighted by atomic mass is 32.2. The first-order valence-corrected chi connectivity index (χ1v) is 11.4. The van der Waals surface area contributed by atoms with Crippen LogP contribution in [0.15, 0.2) is 58.5 Å². The molecule has 7 nitrogen and oxygen atoms in total. The number of carbonyl (C=O) groups excluding carboxylic acids is 2. The van der Waals surface area contributed by atoms with Gasteiger partial charge < -0.3 is 15.6 Å². The molecule has 2 amide bonds. The molecule has 32 heavy (non-hydrogen) atoms. The highest BCUT2D eigenvalue weighted by Crippen LogP contribution is 2.31. The quantitative estimate of drug-likeness (QED) is 0.391. The number of hydrogen-bond acceptors (Lipinski definition) is 5. The van der Waals surface area contributed by atoms with E-state index in [9.17, 15) is 14.4 Å². The number of rotatable bonds is 6. The summed E-state index contributed by atoms with van der Waals surface area (Å²) < 4.78 is 0. The third-order valence-corrected chi connectivity index (χ3v) is 6.34. The maximum absolute atomic E-state index is 13.0. The Morgan fingerprint density at radius 2 is 1.91 bits per heavy atom. The molecule has 1 unspecified atom stereocenters. The lowest BCUT2D eigenvalue weighted by molar-refractivity contribution is -0.123. The van der Waals surface area contributed by atoms with Crippen LogP contribution in [0.2, 0.25) is 0 Å². The van der Waals surface area contributed by atoms with Crippen molar-refractivity contribution >= 4 is 35.1 Å². The number of nitrogens with zero attached hydrogens (tertiary/aromatic N) is 1. The van der Waals surface area contributed by atoms with Gasteiger partial charge >= 0.3 is 0 Å². The molecule has 0 fully saturated rings. The molecule has 1 atom stereocenters. The van der Waals surface area contributed by atoms with Crippen LogP contribution >= 0.6 is 11.8 Å². The van der Waals surface area contributed by atoms with Crippen LogP contribution in [0.25, 0.3) is 0 Å². The van der Waals surface area contributed by atoms with Crippen LogP contribution in [0.4, 0.5) is 11.5 Å². The van der Waals surface area contributed by atoms with Gasteiger partial charge in [0, 0.05) is 17.9 Å². The third kappa shape index (κ3) is 4.75. The molecule has 164 valence electrons. The van der Waals surface area contributed by atoms with E-state index >= 15 is 0 Å². The SMILES string of the molecule is CCc1ccccc1NC(=O)C1CC(=O)Nc2nc(SCc3ccc(C)cc3)[nH]c(=O)c21. The summed E-state index contributed by atoms with van der Waals surface area (Å²) in [4.78, 5) is 45.4. The average molecular weight is 449 g/mol. The van der Waals surface area contributed by atoms with Gasteiger partial charge in [0.2, 0.25) is 11.8 Å². The Labute approximate surface area is 190 Å². The number of nitrogens with one attached hydrogen (secondary N) is 3. The second-order valence-corrected chi connectivity index (χ2v) is 8.68. The van der Waals surface area contributed by atoms with Gasteiger partial charge in [0.05, 0.1) is 11.5 Å². The number of hydrogen-bond donors (Lipinski definition) is 3. The largest absolute Gasteiger partial charge is 0.325 e. The number of fused-ring (bicyclic) bond motifs is 1. The molecule has 0 bridgehead atoms. The first-order chi connectivity index (χ1) is 15.4. The number of aromatic nitrogens is 2. The fraction of sp³-hybridized carbons (Fsp3) is 0.250. The normalized spacial score (nSPS) is 15.1. The minimum atomic E-state index is -0.906. The van der Waals surface area contributed by atoms with E-state index < -0.39 is 17.4 Å². The third-order valence-electron chi connectivity index (χ3n) is 5.40. The van der Waals surface area contributed by atoms with Gasteiger partial charge in [-0.3, -0.25) is 14.4 Å². The molecular weight excluding hydrogens is 424 g/mol. The summed E-state index contributed by atoms with van der Waals surface area (Å²) >= 11 is 1.37. The first-order valence-electron chi connectivity index (χ1n) is 10.5. The average Bonchev–Trinajstić information content (AvgIpc) is 2.78. The van der Waals surface area contributed by atoms with Gasteiger partial charge in [0.15, 0.2) is 5.16 Å². The standard InChI is InChI=1S/C24H24N4O3S/c1-3-16-6-4-5-7-18(16)25-22(30)17-12-19(29)26-21-20(17)23(31)28-24(27-21)32-13-15-10-8-14(2)9-11-15/h4-11,17H,3,12-13H2,1-2H3,(H,25,30)(H2,26,27,28,29,31). The second kappa shape index (κ2) is 9.40. The lowest BCUT2D eigenvalue weighted by atomic mass is 9.92. The van der Waals surface area contributed by atoms with Gasteiger partial charge in [-0.15, -0.1) is 0 Å². The Morgan fingerprint density at radius 3 is 2.66 bits per heavy atom. The molecule has 8 heteroatoms. The van der Waals surface area contributed by atoms with Crippen molar-refractivity contribution in [2.24, 2.45) is 0 Å². The molecule has 1 aromatic heterocycles. The van der Waals surface area contributed by atoms with E-state index in [1.807, 2.05) is 62.4 Å². The number of aryl methyl sites for hydroxylation is 2. The number of aromatic amines is 1. The molecule has 0 saturated heterocycles. The predicted molar refractivity (Wildman–Crippen MR) is 126 cm³/mol. The number of thioether (sulfide) groups is 1. The number of benzene rings is 2. The van der Waals surface area contributed by atoms with Crippen molar-refractivity contribution in [1.82, 2.24) is 9.97 Å². The summed E-state index contributed by atoms with van der Waals surface area (Å²) in [6, 6.07) is 15.6. The molecule has 2 heterocycles. The number of anilines is 2. The lowest BCUT2D eigenvalue weighted by Gasteiger charge is -2.24. The summed E-state index contributed by atoms with van der Waals surface area (Å²) in [5, 5.41) is 5.93. The van der Waals surface area contributed by atoms with Gasteiger partial charge in [0.1, 0.15) is 5.82 Å². The fourth-order valence-electron chi connectivity index (χ4n) is 3.65. The molecule has 2 aromatic carbocycles. The Kier molecular flexibility index (Phi) is 6.41. The van der Waals surface area contributed by atoms with Crippen LogP contribution in [0.1, 0.15) is 41.5 Å². The van der Waals surface area contributed by atoms with E-state index in [1.54, 1.807) is 0 Å². The van der Waals surface area contributed by atoms with Gasteiger partial charge in [0.25, 0.3) is 5.56 Å². The van der Waals surface area contributed by atoms with Crippen molar-refractivity contribution < 1.29 is 9.59 Å². The molecule has 0 spiro atoms. The number of H-pyrrole nitrogens is 1. The van der Waals surface area contributed by atoms with Crippen LogP contribution < -0.4 is 16.2 Å². The highest BCUT2D eigenvalue weighted by Gasteiger charge is 2.35. The van der Waals surface area contributed by atoms with Crippen LogP contribution in [0.5, 0.6) is 0 Å². The van der Waals surface area contributed by atoms with Crippen LogP contribution in [-0.2, 0) is 21.8 Å². The molecule has 1 aliphatic rings. The molecule has 0 saturated carbocycles. The summed E-state index contributed by atoms with van der Waals surface area (Å²) in [6.07, 6.45) is 0.648. The highest BCUT2D eigenvalue weighted by molar-refractivity contribution is 7.98. The Morgan fingerprint density at radius 1 is 1.16 bits per heavy atom. The monoisotopic (exact) mass is 448 g/mol. The van der Waals surface area contributed by atoms with Gasteiger partial charge in [-0.1, -0.05) is 66.7 Å². The van der Waals surface area contributed by atoms with Crippen LogP contribution in [-0.4, -0.2) is 21.8 Å². The van der Waals surface area contributed by atoms with Crippen molar-refractivity contribution in [1.29, 1.82) is 0 Å². The molecule has 1 aliphatic heterocycles. The molecular formula is C24H24N4O3S. The molecule has 3 N–H and O–H groups in total. The van der Waals surface area contributed by atoms with Crippen LogP contribution in [0.3, 0.4) is 0 Å². The van der Waals surface area contributed by atoms with Crippen molar-refractivity contribution in [3.05, 3.63) is 81.1 Å². The smallest absolute Gasteiger partial charge is 0.257 e. The van der Waals surface area contributed by atoms with Crippen molar-refractivity contribution in [3.8, 4) is 0 Å². The van der Waals surface area contributed by atoms with Gasteiger partial charge in [-0.25, -0.2) is 4.98 Å². The summed E-state index contributed by atoms with van der Waals surface area (Å²) in [5.41, 5.74) is 3.71. The van der Waals surface area contributed by atoms with E-state index in [4.69, 9.17) is 0 Å². The summed E-state index contributed by atoms with van der Waals surface area (Å²) in [7, 11) is 0. The van der Waals surface area contributed by atoms with Crippen molar-refractivity contribution in [2.45, 2.75) is 43.5 Å². The summed E-state index contributed by atoms with van der Waals surface area (Å²) in [6.45, 7) is 4.02. The van der Waals surface area contributed by atoms with E-state index in [1.165, 1.54) is 17.3 Å². The number of carbonyl (C=O) groups is 2. The Hall–Kier alpha value is -3.39. The first kappa shape index (κ1) is 21.8. The lowest BCUT2D eigenvalue weighted by Crippen LogP contribution is -2.36. The maximum atomic E-state index is 13.0. The predicted octanol–water partition coefficient (Wildman–Crippen LogP) is 4.00. The van der Waals surface area contributed by atoms with E-state index in [0.29, 0.717) is 16.6 Å². The fourth-order valence-corrected chi connectivity index (χ4v) is 4.47. The Balaban J connectivity index is 1.57. The molecule has 0 radical (unpaired) electrons. The zero-order valence-electron chi connectivity index (χ0n) is 17.9. The summed E-state index contributed by atoms with van der Waals surface area (Å²) in [5.74, 6) is -0.868. The van der Waals surface area contributed by atoms with E-state index in [-0.39, 0.29) is 23.7 Å². The topological polar surface area (TPSA) is 104 Å². The van der Waals surface area contributed by atoms with Crippen molar-refractivity contribution in [2.75, 3.05) is 10.6 Å². The van der Waals surface area contributed by atoms with Gasteiger partial charge in [-0.05, 0) is 30.5 Å². The van der Waals surface area contributed by atoms with Gasteiger partial charge in [-0.2, -0.15) is 0 Å². The zero-order valence-corrected chi connectivity index (χ0v) is 18.7. The number of amides is 2. The minimum absolute atomic E-state index is 0.103. The minimum Gasteiger partial charge on any atom is -0.325 e. The van der Waals surface area contributed by atoms with Crippen LogP contribution in [0, 0.1) is 6.92 Å². The molecule has 4 rings (SSSR count). The Bertz CT molecular complexity index is 1220. The molecule has 0 aliphatic carbocycles. The van der Waals surface area contributed by atoms with Crippen molar-refractivity contribution in [3.63, 3.8) is 0 Å².